The topological polar surface area (TPSA) is 61.7 Å². The lowest BCUT2D eigenvalue weighted by atomic mass is 10.1. The number of benzene rings is 2. The van der Waals surface area contributed by atoms with Crippen LogP contribution in [0.3, 0.4) is 0 Å². The second-order valence-corrected chi connectivity index (χ2v) is 6.56. The van der Waals surface area contributed by atoms with Crippen LogP contribution in [0.1, 0.15) is 5.56 Å². The fourth-order valence-corrected chi connectivity index (χ4v) is 3.28. The van der Waals surface area contributed by atoms with Crippen LogP contribution in [0.25, 0.3) is 0 Å². The third kappa shape index (κ3) is 5.50. The van der Waals surface area contributed by atoms with Gasteiger partial charge in [0.25, 0.3) is 5.91 Å². The first-order valence-electron chi connectivity index (χ1n) is 6.53. The molecule has 2 aromatic rings. The maximum Gasteiger partial charge on any atom is 0.279 e. The molecule has 0 fully saturated rings. The number of carbonyl (C=O) groups excluding carboxylic acids is 1. The van der Waals surface area contributed by atoms with E-state index in [1.54, 1.807) is 0 Å². The summed E-state index contributed by atoms with van der Waals surface area (Å²) in [6.07, 6.45) is -0.237. The Labute approximate surface area is 143 Å². The Kier molecular flexibility index (Phi) is 6.56. The molecule has 0 radical (unpaired) electrons. The van der Waals surface area contributed by atoms with E-state index in [0.29, 0.717) is 11.0 Å². The average Bonchev–Trinajstić information content (AvgIpc) is 2.53. The third-order valence-corrected chi connectivity index (χ3v) is 4.66. The zero-order valence-electron chi connectivity index (χ0n) is 12.0. The molecule has 0 aliphatic rings. The van der Waals surface area contributed by atoms with E-state index in [4.69, 9.17) is 5.21 Å². The van der Waals surface area contributed by atoms with Crippen LogP contribution in [0.2, 0.25) is 0 Å². The van der Waals surface area contributed by atoms with Crippen LogP contribution in [0.4, 0.5) is 13.2 Å². The van der Waals surface area contributed by atoms with Crippen molar-refractivity contribution in [3.8, 4) is 0 Å². The quantitative estimate of drug-likeness (QED) is 0.265. The van der Waals surface area contributed by atoms with Crippen molar-refractivity contribution >= 4 is 33.4 Å². The fraction of sp³-hybridized carbons (Fsp3) is 0.0667. The monoisotopic (exact) mass is 372 g/mol. The van der Waals surface area contributed by atoms with Crippen LogP contribution in [0.15, 0.2) is 52.5 Å². The second-order valence-electron chi connectivity index (χ2n) is 4.55. The minimum Gasteiger partial charge on any atom is -0.410 e. The van der Waals surface area contributed by atoms with Crippen LogP contribution in [-0.2, 0) is 11.2 Å². The van der Waals surface area contributed by atoms with E-state index >= 15 is 0 Å². The molecule has 0 aliphatic heterocycles. The zero-order valence-corrected chi connectivity index (χ0v) is 13.6. The Hall–Kier alpha value is -2.13. The SMILES string of the molecule is O=C(NSSc1ccc(F)cc1)/C(Cc1cc(F)cc(F)c1)=N\O. The number of nitrogens with zero attached hydrogens (tertiary/aromatic N) is 1. The molecule has 0 aliphatic carbocycles. The molecule has 0 spiro atoms. The van der Waals surface area contributed by atoms with Crippen molar-refractivity contribution in [2.75, 3.05) is 0 Å². The van der Waals surface area contributed by atoms with Gasteiger partial charge in [-0.05, 0) is 52.8 Å². The van der Waals surface area contributed by atoms with Crippen LogP contribution in [0, 0.1) is 17.5 Å². The van der Waals surface area contributed by atoms with Gasteiger partial charge in [-0.15, -0.1) is 0 Å². The van der Waals surface area contributed by atoms with E-state index < -0.39 is 17.5 Å². The van der Waals surface area contributed by atoms with Gasteiger partial charge < -0.3 is 5.21 Å². The summed E-state index contributed by atoms with van der Waals surface area (Å²) in [6.45, 7) is 0. The van der Waals surface area contributed by atoms with E-state index in [1.807, 2.05) is 0 Å². The molecule has 0 saturated heterocycles. The predicted octanol–water partition coefficient (Wildman–Crippen LogP) is 3.95. The molecule has 2 aromatic carbocycles. The largest absolute Gasteiger partial charge is 0.410 e. The van der Waals surface area contributed by atoms with Gasteiger partial charge in [-0.3, -0.25) is 9.52 Å². The Morgan fingerprint density at radius 3 is 2.25 bits per heavy atom. The highest BCUT2D eigenvalue weighted by molar-refractivity contribution is 8.76. The maximum absolute atomic E-state index is 13.1. The van der Waals surface area contributed by atoms with Gasteiger partial charge in [0.05, 0.1) is 0 Å². The lowest BCUT2D eigenvalue weighted by molar-refractivity contribution is -0.113. The van der Waals surface area contributed by atoms with Crippen molar-refractivity contribution < 1.29 is 23.2 Å². The molecular weight excluding hydrogens is 361 g/mol. The summed E-state index contributed by atoms with van der Waals surface area (Å²) in [5, 5.41) is 11.8. The molecule has 0 bridgehead atoms. The predicted molar refractivity (Wildman–Crippen MR) is 87.3 cm³/mol. The van der Waals surface area contributed by atoms with Crippen molar-refractivity contribution in [2.24, 2.45) is 5.16 Å². The lowest BCUT2D eigenvalue weighted by Gasteiger charge is -2.06. The van der Waals surface area contributed by atoms with Gasteiger partial charge in [-0.1, -0.05) is 5.16 Å². The minimum atomic E-state index is -0.788. The summed E-state index contributed by atoms with van der Waals surface area (Å²) in [4.78, 5) is 12.6. The van der Waals surface area contributed by atoms with E-state index in [2.05, 4.69) is 9.88 Å². The lowest BCUT2D eigenvalue weighted by Crippen LogP contribution is -2.27. The van der Waals surface area contributed by atoms with Crippen molar-refractivity contribution in [1.82, 2.24) is 4.72 Å². The van der Waals surface area contributed by atoms with Crippen molar-refractivity contribution in [3.63, 3.8) is 0 Å². The molecule has 0 aromatic heterocycles. The molecular formula is C15H11F3N2O2S2. The molecule has 2 rings (SSSR count). The van der Waals surface area contributed by atoms with Gasteiger partial charge in [-0.25, -0.2) is 13.2 Å². The molecule has 0 heterocycles. The minimum absolute atomic E-state index is 0.159. The number of hydrogen-bond acceptors (Lipinski definition) is 5. The summed E-state index contributed by atoms with van der Waals surface area (Å²) in [6, 6.07) is 8.43. The van der Waals surface area contributed by atoms with Gasteiger partial charge >= 0.3 is 0 Å². The number of carbonyl (C=O) groups is 1. The second kappa shape index (κ2) is 8.65. The molecule has 0 atom stereocenters. The molecule has 2 N–H and O–H groups in total. The number of nitrogens with one attached hydrogen (secondary N) is 1. The molecule has 24 heavy (non-hydrogen) atoms. The molecule has 0 unspecified atom stereocenters. The highest BCUT2D eigenvalue weighted by Gasteiger charge is 2.14. The number of hydrogen-bond donors (Lipinski definition) is 2. The van der Waals surface area contributed by atoms with Crippen molar-refractivity contribution in [2.45, 2.75) is 11.3 Å². The van der Waals surface area contributed by atoms with Crippen LogP contribution in [0.5, 0.6) is 0 Å². The standard InChI is InChI=1S/C15H11F3N2O2S2/c16-10-1-3-13(4-2-10)23-24-20-15(21)14(19-22)7-9-5-11(17)8-12(18)6-9/h1-6,8,22H,7H2,(H,20,21)/b19-14-. The Bertz CT molecular complexity index is 735. The molecule has 0 saturated carbocycles. The normalized spacial score (nSPS) is 11.4. The van der Waals surface area contributed by atoms with Crippen LogP contribution < -0.4 is 4.72 Å². The van der Waals surface area contributed by atoms with E-state index in [-0.39, 0.29) is 23.5 Å². The number of amides is 1. The summed E-state index contributed by atoms with van der Waals surface area (Å²) in [5.74, 6) is -2.65. The zero-order chi connectivity index (χ0) is 17.5. The molecule has 9 heteroatoms. The van der Waals surface area contributed by atoms with Crippen molar-refractivity contribution in [1.29, 1.82) is 0 Å². The first kappa shape index (κ1) is 18.2. The molecule has 1 amide bonds. The van der Waals surface area contributed by atoms with Gasteiger partial charge in [0.2, 0.25) is 0 Å². The smallest absolute Gasteiger partial charge is 0.279 e. The fourth-order valence-electron chi connectivity index (χ4n) is 1.72. The van der Waals surface area contributed by atoms with Crippen LogP contribution in [-0.4, -0.2) is 16.8 Å². The average molecular weight is 372 g/mol. The van der Waals surface area contributed by atoms with E-state index in [1.165, 1.54) is 24.3 Å². The first-order valence-corrected chi connectivity index (χ1v) is 8.68. The van der Waals surface area contributed by atoms with Gasteiger partial charge in [0, 0.05) is 28.4 Å². The Morgan fingerprint density at radius 1 is 1.04 bits per heavy atom. The third-order valence-electron chi connectivity index (χ3n) is 2.76. The number of rotatable bonds is 6. The molecule has 4 nitrogen and oxygen atoms in total. The summed E-state index contributed by atoms with van der Waals surface area (Å²) >= 11 is 0. The van der Waals surface area contributed by atoms with E-state index in [9.17, 15) is 18.0 Å². The highest BCUT2D eigenvalue weighted by atomic mass is 33.1. The number of halogens is 3. The summed E-state index contributed by atoms with van der Waals surface area (Å²) in [5.41, 5.74) is -0.140. The Morgan fingerprint density at radius 2 is 1.67 bits per heavy atom. The number of oxime groups is 1. The summed E-state index contributed by atoms with van der Waals surface area (Å²) < 4.78 is 41.4. The summed E-state index contributed by atoms with van der Waals surface area (Å²) in [7, 11) is 2.09. The van der Waals surface area contributed by atoms with E-state index in [0.717, 1.165) is 33.9 Å². The Balaban J connectivity index is 1.90. The van der Waals surface area contributed by atoms with Crippen LogP contribution >= 0.6 is 21.8 Å². The van der Waals surface area contributed by atoms with Gasteiger partial charge in [0.1, 0.15) is 23.2 Å². The van der Waals surface area contributed by atoms with Crippen molar-refractivity contribution in [3.05, 3.63) is 65.5 Å². The molecule has 126 valence electrons. The highest BCUT2D eigenvalue weighted by Crippen LogP contribution is 2.28. The maximum atomic E-state index is 13.1. The first-order chi connectivity index (χ1) is 11.5. The van der Waals surface area contributed by atoms with Gasteiger partial charge in [-0.2, -0.15) is 0 Å². The van der Waals surface area contributed by atoms with Gasteiger partial charge in [0.15, 0.2) is 0 Å².